The summed E-state index contributed by atoms with van der Waals surface area (Å²) in [5.74, 6) is -4.10. The van der Waals surface area contributed by atoms with Gasteiger partial charge in [-0.15, -0.1) is 0 Å². The zero-order valence-electron chi connectivity index (χ0n) is 43.3. The predicted molar refractivity (Wildman–Crippen MR) is 281 cm³/mol. The zero-order chi connectivity index (χ0) is 52.0. The van der Waals surface area contributed by atoms with Gasteiger partial charge in [0.15, 0.2) is 19.7 Å². The molecule has 0 bridgehead atoms. The molecule has 0 heterocycles. The molecule has 0 unspecified atom stereocenters. The Morgan fingerprint density at radius 3 is 1.04 bits per heavy atom. The molecule has 14 nitrogen and oxygen atoms in total. The fourth-order valence-corrected chi connectivity index (χ4v) is 11.1. The lowest BCUT2D eigenvalue weighted by molar-refractivity contribution is -0.133. The minimum Gasteiger partial charge on any atom is -0.388 e. The summed E-state index contributed by atoms with van der Waals surface area (Å²) in [5, 5.41) is 35.2. The molecule has 6 atom stereocenters. The molecule has 70 heavy (non-hydrogen) atoms. The van der Waals surface area contributed by atoms with Crippen molar-refractivity contribution in [2.24, 2.45) is 11.8 Å². The molecule has 0 aliphatic heterocycles. The SMILES string of the molecule is CCCCCCCCCCS(=O)(=O)CCC(=O)N[C@H](C(=O)N[C@@H](Cc1ccccc1)[C@@H](O)[C@H](O)[C@H](Cc1ccccc1)NC(=O)[C@@H](NC(=O)CCS(=O)(=O)CCCCCCCCCC)C(C)C)C(C)C. The Balaban J connectivity index is 2.20. The van der Waals surface area contributed by atoms with Crippen LogP contribution in [-0.2, 0) is 51.7 Å². The molecule has 4 amide bonds. The van der Waals surface area contributed by atoms with Gasteiger partial charge in [-0.2, -0.15) is 0 Å². The van der Waals surface area contributed by atoms with Crippen molar-refractivity contribution >= 4 is 43.3 Å². The molecule has 0 aliphatic rings. The summed E-state index contributed by atoms with van der Waals surface area (Å²) in [4.78, 5) is 54.6. The average Bonchev–Trinajstić information content (AvgIpc) is 3.32. The van der Waals surface area contributed by atoms with Crippen molar-refractivity contribution in [3.05, 3.63) is 71.8 Å². The van der Waals surface area contributed by atoms with E-state index >= 15 is 0 Å². The first-order valence-electron chi connectivity index (χ1n) is 26.3. The summed E-state index contributed by atoms with van der Waals surface area (Å²) in [7, 11) is -6.99. The average molecular weight is 1020 g/mol. The van der Waals surface area contributed by atoms with Gasteiger partial charge in [0.05, 0.1) is 35.1 Å². The second kappa shape index (κ2) is 34.5. The summed E-state index contributed by atoms with van der Waals surface area (Å²) in [6.45, 7) is 11.2. The maximum Gasteiger partial charge on any atom is 0.243 e. The highest BCUT2D eigenvalue weighted by Gasteiger charge is 2.38. The molecule has 6 N–H and O–H groups in total. The second-order valence-corrected chi connectivity index (χ2v) is 24.5. The normalized spacial score (nSPS) is 14.6. The first-order valence-corrected chi connectivity index (χ1v) is 30.0. The Hall–Kier alpha value is -3.86. The minimum atomic E-state index is -3.50. The molecule has 0 fully saturated rings. The smallest absolute Gasteiger partial charge is 0.243 e. The van der Waals surface area contributed by atoms with Gasteiger partial charge in [0.2, 0.25) is 23.6 Å². The van der Waals surface area contributed by atoms with Crippen LogP contribution in [-0.4, -0.2) is 110 Å². The van der Waals surface area contributed by atoms with E-state index in [4.69, 9.17) is 0 Å². The lowest BCUT2D eigenvalue weighted by atomic mass is 9.90. The molecule has 0 aliphatic carbocycles. The van der Waals surface area contributed by atoms with Crippen molar-refractivity contribution in [1.29, 1.82) is 0 Å². The van der Waals surface area contributed by atoms with E-state index in [-0.39, 0.29) is 48.7 Å². The Kier molecular flexibility index (Phi) is 30.7. The predicted octanol–water partition coefficient (Wildman–Crippen LogP) is 7.34. The van der Waals surface area contributed by atoms with Gasteiger partial charge >= 0.3 is 0 Å². The maximum absolute atomic E-state index is 14.1. The van der Waals surface area contributed by atoms with E-state index in [9.17, 15) is 46.2 Å². The fourth-order valence-electron chi connectivity index (χ4n) is 8.44. The number of aliphatic hydroxyl groups excluding tert-OH is 2. The number of nitrogens with one attached hydrogen (secondary N) is 4. The minimum absolute atomic E-state index is 0.00486. The Bertz CT molecular complexity index is 1860. The van der Waals surface area contributed by atoms with Crippen LogP contribution in [0.2, 0.25) is 0 Å². The van der Waals surface area contributed by atoms with Gasteiger partial charge in [0.1, 0.15) is 24.3 Å². The van der Waals surface area contributed by atoms with E-state index in [1.54, 1.807) is 76.2 Å². The van der Waals surface area contributed by atoms with Gasteiger partial charge in [-0.05, 0) is 48.6 Å². The van der Waals surface area contributed by atoms with Crippen molar-refractivity contribution in [3.63, 3.8) is 0 Å². The van der Waals surface area contributed by atoms with Crippen molar-refractivity contribution in [1.82, 2.24) is 21.3 Å². The third kappa shape index (κ3) is 26.5. The number of unbranched alkanes of at least 4 members (excludes halogenated alkanes) is 14. The molecule has 0 saturated carbocycles. The monoisotopic (exact) mass is 1020 g/mol. The molecule has 0 aromatic heterocycles. The number of amides is 4. The highest BCUT2D eigenvalue weighted by molar-refractivity contribution is 7.91. The lowest BCUT2D eigenvalue weighted by Crippen LogP contribution is -2.61. The van der Waals surface area contributed by atoms with Gasteiger partial charge in [-0.1, -0.05) is 192 Å². The van der Waals surface area contributed by atoms with Gasteiger partial charge in [-0.3, -0.25) is 19.2 Å². The van der Waals surface area contributed by atoms with Gasteiger partial charge < -0.3 is 31.5 Å². The number of carbonyl (C=O) groups excluding carboxylic acids is 4. The van der Waals surface area contributed by atoms with Crippen molar-refractivity contribution in [2.45, 2.75) is 206 Å². The maximum atomic E-state index is 14.1. The van der Waals surface area contributed by atoms with E-state index in [1.165, 1.54) is 38.5 Å². The standard InChI is InChI=1S/C54H90N4O10S2/c1-7-9-11-13-15-17-19-27-35-69(65,66)37-33-47(59)57-49(41(3)4)53(63)55-45(39-43-29-23-21-24-30-43)51(61)52(62)46(40-44-31-25-22-26-32-44)56-54(64)50(42(5)6)58-48(60)34-38-70(67,68)36-28-20-18-16-14-12-10-8-2/h21-26,29-32,41-42,45-46,49-52,61-62H,7-20,27-28,33-40H2,1-6H3,(H,55,63)(H,56,64)(H,57,59)(H,58,60)/t45-,46-,49-,50-,51+,52+/m0/s1. The number of hydrogen-bond acceptors (Lipinski definition) is 10. The molecule has 2 aromatic rings. The lowest BCUT2D eigenvalue weighted by Gasteiger charge is -2.35. The van der Waals surface area contributed by atoms with Gasteiger partial charge in [0, 0.05) is 12.8 Å². The molecule has 2 rings (SSSR count). The second-order valence-electron chi connectivity index (χ2n) is 19.9. The summed E-state index contributed by atoms with van der Waals surface area (Å²) >= 11 is 0. The molecule has 2 aromatic carbocycles. The van der Waals surface area contributed by atoms with Crippen LogP contribution in [0, 0.1) is 11.8 Å². The van der Waals surface area contributed by atoms with Crippen LogP contribution >= 0.6 is 0 Å². The summed E-state index contributed by atoms with van der Waals surface area (Å²) < 4.78 is 51.3. The van der Waals surface area contributed by atoms with Gasteiger partial charge in [0.25, 0.3) is 0 Å². The highest BCUT2D eigenvalue weighted by atomic mass is 32.2. The number of benzene rings is 2. The van der Waals surface area contributed by atoms with Crippen LogP contribution in [0.5, 0.6) is 0 Å². The Morgan fingerprint density at radius 1 is 0.443 bits per heavy atom. The van der Waals surface area contributed by atoms with Crippen LogP contribution < -0.4 is 21.3 Å². The first-order chi connectivity index (χ1) is 33.3. The molecular weight excluding hydrogens is 929 g/mol. The first kappa shape index (κ1) is 62.3. The quantitative estimate of drug-likeness (QED) is 0.0366. The Morgan fingerprint density at radius 2 is 0.743 bits per heavy atom. The largest absolute Gasteiger partial charge is 0.388 e. The van der Waals surface area contributed by atoms with Gasteiger partial charge in [-0.25, -0.2) is 16.8 Å². The van der Waals surface area contributed by atoms with Crippen LogP contribution in [0.25, 0.3) is 0 Å². The topological polar surface area (TPSA) is 225 Å². The summed E-state index contributed by atoms with van der Waals surface area (Å²) in [5.41, 5.74) is 1.44. The van der Waals surface area contributed by atoms with Crippen LogP contribution in [0.15, 0.2) is 60.7 Å². The molecule has 0 spiro atoms. The Labute approximate surface area is 422 Å². The summed E-state index contributed by atoms with van der Waals surface area (Å²) in [6, 6.07) is 13.5. The molecule has 16 heteroatoms. The molecular formula is C54H90N4O10S2. The third-order valence-corrected chi connectivity index (χ3v) is 16.3. The van der Waals surface area contributed by atoms with E-state index in [0.717, 1.165) is 62.5 Å². The number of hydrogen-bond donors (Lipinski definition) is 6. The van der Waals surface area contributed by atoms with Crippen LogP contribution in [0.3, 0.4) is 0 Å². The van der Waals surface area contributed by atoms with E-state index in [0.29, 0.717) is 12.8 Å². The van der Waals surface area contributed by atoms with Crippen LogP contribution in [0.4, 0.5) is 0 Å². The molecule has 0 radical (unpaired) electrons. The van der Waals surface area contributed by atoms with Crippen LogP contribution in [0.1, 0.15) is 168 Å². The highest BCUT2D eigenvalue weighted by Crippen LogP contribution is 2.18. The number of rotatable bonds is 39. The summed E-state index contributed by atoms with van der Waals surface area (Å²) in [6.07, 6.45) is 12.3. The van der Waals surface area contributed by atoms with E-state index in [2.05, 4.69) is 35.1 Å². The van der Waals surface area contributed by atoms with E-state index in [1.807, 2.05) is 12.1 Å². The van der Waals surface area contributed by atoms with Crippen molar-refractivity contribution < 1.29 is 46.2 Å². The number of aliphatic hydroxyl groups is 2. The van der Waals surface area contributed by atoms with E-state index < -0.39 is 91.5 Å². The molecule has 0 saturated heterocycles. The zero-order valence-corrected chi connectivity index (χ0v) is 45.0. The third-order valence-electron chi connectivity index (χ3n) is 12.9. The van der Waals surface area contributed by atoms with Crippen molar-refractivity contribution in [2.75, 3.05) is 23.0 Å². The van der Waals surface area contributed by atoms with Crippen molar-refractivity contribution in [3.8, 4) is 0 Å². The fraction of sp³-hybridized carbons (Fsp3) is 0.704. The number of carbonyl (C=O) groups is 4. The number of sulfone groups is 2. The molecule has 398 valence electrons.